The third kappa shape index (κ3) is 1.46. The van der Waals surface area contributed by atoms with E-state index in [0.29, 0.717) is 11.1 Å². The minimum atomic E-state index is 0. The molecule has 2 aromatic rings. The fraction of sp³-hybridized carbons (Fsp3) is 0.167. The Bertz CT molecular complexity index is 359. The van der Waals surface area contributed by atoms with Crippen LogP contribution in [0.4, 0.5) is 0 Å². The summed E-state index contributed by atoms with van der Waals surface area (Å²) in [7, 11) is 0. The molecule has 5 heteroatoms. The van der Waals surface area contributed by atoms with E-state index in [-0.39, 0.29) is 32.7 Å². The molecular formula is C6H4N3OY-. The SMILES string of the molecule is Cc1noc2[c-]cnnc12.[Y]. The number of aryl methyl sites for hydroxylation is 1. The standard InChI is InChI=1S/C6H4N3O.Y/c1-4-6-5(10-9-4)2-3-7-8-6;/h3H,1H3;/q-1;. The molecule has 2 aromatic heterocycles. The van der Waals surface area contributed by atoms with E-state index >= 15 is 0 Å². The molecule has 2 rings (SSSR count). The van der Waals surface area contributed by atoms with Gasteiger partial charge in [-0.2, -0.15) is 11.2 Å². The van der Waals surface area contributed by atoms with Gasteiger partial charge < -0.3 is 4.52 Å². The fourth-order valence-electron chi connectivity index (χ4n) is 0.751. The second-order valence-corrected chi connectivity index (χ2v) is 1.93. The van der Waals surface area contributed by atoms with Gasteiger partial charge in [-0.05, 0) is 13.1 Å². The van der Waals surface area contributed by atoms with Crippen molar-refractivity contribution in [2.45, 2.75) is 6.92 Å². The first kappa shape index (κ1) is 8.75. The van der Waals surface area contributed by atoms with Gasteiger partial charge >= 0.3 is 0 Å². The van der Waals surface area contributed by atoms with Gasteiger partial charge in [-0.1, -0.05) is 0 Å². The molecular weight excluding hydrogens is 219 g/mol. The van der Waals surface area contributed by atoms with Crippen molar-refractivity contribution >= 4 is 11.1 Å². The van der Waals surface area contributed by atoms with Crippen LogP contribution < -0.4 is 0 Å². The van der Waals surface area contributed by atoms with Gasteiger partial charge in [0.15, 0.2) is 0 Å². The zero-order chi connectivity index (χ0) is 6.97. The third-order valence-electron chi connectivity index (χ3n) is 1.24. The first-order valence-electron chi connectivity index (χ1n) is 2.83. The fourth-order valence-corrected chi connectivity index (χ4v) is 0.751. The van der Waals surface area contributed by atoms with Crippen LogP contribution in [-0.2, 0) is 32.7 Å². The first-order valence-corrected chi connectivity index (χ1v) is 2.83. The first-order chi connectivity index (χ1) is 4.88. The van der Waals surface area contributed by atoms with Crippen molar-refractivity contribution in [2.75, 3.05) is 0 Å². The molecule has 53 valence electrons. The molecule has 0 fully saturated rings. The maximum Gasteiger partial charge on any atom is 0.0268 e. The molecule has 0 aliphatic heterocycles. The van der Waals surface area contributed by atoms with Crippen LogP contribution in [0.15, 0.2) is 10.7 Å². The molecule has 0 spiro atoms. The zero-order valence-corrected chi connectivity index (χ0v) is 8.74. The summed E-state index contributed by atoms with van der Waals surface area (Å²) in [5, 5.41) is 11.1. The molecule has 0 saturated carbocycles. The number of aromatic nitrogens is 3. The Balaban J connectivity index is 0.000000605. The van der Waals surface area contributed by atoms with Crippen LogP contribution in [0.5, 0.6) is 0 Å². The minimum Gasteiger partial charge on any atom is -0.395 e. The number of nitrogens with zero attached hydrogens (tertiary/aromatic N) is 3. The van der Waals surface area contributed by atoms with Gasteiger partial charge in [0.25, 0.3) is 0 Å². The van der Waals surface area contributed by atoms with Crippen LogP contribution in [0.1, 0.15) is 5.69 Å². The molecule has 2 heterocycles. The largest absolute Gasteiger partial charge is 0.395 e. The number of rotatable bonds is 0. The summed E-state index contributed by atoms with van der Waals surface area (Å²) in [6, 6.07) is 2.77. The van der Waals surface area contributed by atoms with Gasteiger partial charge in [0.1, 0.15) is 0 Å². The van der Waals surface area contributed by atoms with Crippen molar-refractivity contribution in [3.05, 3.63) is 18.0 Å². The molecule has 0 aromatic carbocycles. The Kier molecular flexibility index (Phi) is 2.68. The smallest absolute Gasteiger partial charge is 0.0268 e. The maximum absolute atomic E-state index is 4.84. The summed E-state index contributed by atoms with van der Waals surface area (Å²) in [5.74, 6) is 0. The molecule has 1 radical (unpaired) electrons. The zero-order valence-electron chi connectivity index (χ0n) is 5.90. The topological polar surface area (TPSA) is 51.8 Å². The average Bonchev–Trinajstić information content (AvgIpc) is 2.34. The maximum atomic E-state index is 4.84. The van der Waals surface area contributed by atoms with E-state index in [1.165, 1.54) is 6.20 Å². The summed E-state index contributed by atoms with van der Waals surface area (Å²) in [6.45, 7) is 1.81. The van der Waals surface area contributed by atoms with E-state index in [2.05, 4.69) is 21.4 Å². The molecule has 0 bridgehead atoms. The number of fused-ring (bicyclic) bond motifs is 1. The molecule has 0 aliphatic rings. The Morgan fingerprint density at radius 3 is 3.09 bits per heavy atom. The Morgan fingerprint density at radius 1 is 1.55 bits per heavy atom. The van der Waals surface area contributed by atoms with Crippen molar-refractivity contribution in [1.29, 1.82) is 0 Å². The molecule has 0 N–H and O–H groups in total. The molecule has 0 unspecified atom stereocenters. The van der Waals surface area contributed by atoms with Crippen LogP contribution >= 0.6 is 0 Å². The predicted molar refractivity (Wildman–Crippen MR) is 33.2 cm³/mol. The van der Waals surface area contributed by atoms with E-state index in [0.717, 1.165) is 5.69 Å². The van der Waals surface area contributed by atoms with Gasteiger partial charge in [0.2, 0.25) is 0 Å². The second kappa shape index (κ2) is 3.37. The Labute approximate surface area is 88.2 Å². The normalized spacial score (nSPS) is 9.55. The van der Waals surface area contributed by atoms with Crippen molar-refractivity contribution < 1.29 is 37.2 Å². The van der Waals surface area contributed by atoms with E-state index in [4.69, 9.17) is 4.52 Å². The Hall–Kier alpha value is -0.346. The monoisotopic (exact) mass is 223 g/mol. The molecule has 0 atom stereocenters. The summed E-state index contributed by atoms with van der Waals surface area (Å²) in [6.07, 6.45) is 1.45. The van der Waals surface area contributed by atoms with Crippen LogP contribution in [0.3, 0.4) is 0 Å². The van der Waals surface area contributed by atoms with Crippen molar-refractivity contribution in [3.63, 3.8) is 0 Å². The van der Waals surface area contributed by atoms with Crippen LogP contribution in [0, 0.1) is 13.0 Å². The van der Waals surface area contributed by atoms with E-state index in [1.807, 2.05) is 6.92 Å². The molecule has 0 aliphatic carbocycles. The third-order valence-corrected chi connectivity index (χ3v) is 1.24. The van der Waals surface area contributed by atoms with E-state index < -0.39 is 0 Å². The van der Waals surface area contributed by atoms with Crippen molar-refractivity contribution in [3.8, 4) is 0 Å². The molecule has 11 heavy (non-hydrogen) atoms. The van der Waals surface area contributed by atoms with Gasteiger partial charge in [-0.25, -0.2) is 5.10 Å². The number of hydrogen-bond acceptors (Lipinski definition) is 4. The van der Waals surface area contributed by atoms with Gasteiger partial charge in [-0.15, -0.1) is 5.16 Å². The average molecular weight is 223 g/mol. The van der Waals surface area contributed by atoms with Crippen LogP contribution in [0.2, 0.25) is 0 Å². The van der Waals surface area contributed by atoms with Crippen LogP contribution in [0.25, 0.3) is 11.1 Å². The quantitative estimate of drug-likeness (QED) is 0.617. The Morgan fingerprint density at radius 2 is 2.36 bits per heavy atom. The summed E-state index contributed by atoms with van der Waals surface area (Å²) < 4.78 is 4.84. The van der Waals surface area contributed by atoms with Gasteiger partial charge in [-0.3, -0.25) is 0 Å². The van der Waals surface area contributed by atoms with Crippen molar-refractivity contribution in [1.82, 2.24) is 15.4 Å². The second-order valence-electron chi connectivity index (χ2n) is 1.93. The van der Waals surface area contributed by atoms with Crippen LogP contribution in [-0.4, -0.2) is 15.4 Å². The van der Waals surface area contributed by atoms with Crippen molar-refractivity contribution in [2.24, 2.45) is 0 Å². The van der Waals surface area contributed by atoms with Gasteiger partial charge in [0.05, 0.1) is 0 Å². The minimum absolute atomic E-state index is 0. The predicted octanol–water partition coefficient (Wildman–Crippen LogP) is 0.724. The summed E-state index contributed by atoms with van der Waals surface area (Å²) >= 11 is 0. The number of hydrogen-bond donors (Lipinski definition) is 0. The van der Waals surface area contributed by atoms with E-state index in [1.54, 1.807) is 0 Å². The molecule has 4 nitrogen and oxygen atoms in total. The summed E-state index contributed by atoms with van der Waals surface area (Å²) in [4.78, 5) is 0. The van der Waals surface area contributed by atoms with Gasteiger partial charge in [0, 0.05) is 49.5 Å². The molecule has 0 saturated heterocycles. The summed E-state index contributed by atoms with van der Waals surface area (Å²) in [5.41, 5.74) is 1.99. The molecule has 0 amide bonds. The van der Waals surface area contributed by atoms with E-state index in [9.17, 15) is 0 Å².